The zero-order chi connectivity index (χ0) is 17.6. The number of carbonyl (C=O) groups is 1. The number of amides is 1. The molecule has 7 heteroatoms. The minimum atomic E-state index is -0.416. The number of hydrogen-bond donors (Lipinski definition) is 1. The molecule has 2 aromatic rings. The van der Waals surface area contributed by atoms with E-state index in [1.807, 2.05) is 36.4 Å². The van der Waals surface area contributed by atoms with Crippen molar-refractivity contribution in [3.05, 3.63) is 52.0 Å². The van der Waals surface area contributed by atoms with Crippen molar-refractivity contribution in [2.75, 3.05) is 17.7 Å². The summed E-state index contributed by atoms with van der Waals surface area (Å²) in [4.78, 5) is 12.3. The standard InChI is InChI=1S/C18H17Cl2NO3S/c19-15-5-4-14(10-16(15)20)25-8-2-1-7-23-13-3-6-17-12(9-13)11-24-18(22)21-17/h3-6,9-10H,1-2,7-8,11H2,(H,21,22). The van der Waals surface area contributed by atoms with Crippen LogP contribution in [0.5, 0.6) is 5.75 Å². The van der Waals surface area contributed by atoms with Gasteiger partial charge < -0.3 is 9.47 Å². The van der Waals surface area contributed by atoms with Crippen LogP contribution in [-0.2, 0) is 11.3 Å². The first-order valence-corrected chi connectivity index (χ1v) is 9.63. The Morgan fingerprint density at radius 1 is 1.12 bits per heavy atom. The van der Waals surface area contributed by atoms with Crippen LogP contribution in [0, 0.1) is 0 Å². The number of fused-ring (bicyclic) bond motifs is 1. The maximum Gasteiger partial charge on any atom is 0.411 e. The van der Waals surface area contributed by atoms with Crippen LogP contribution >= 0.6 is 35.0 Å². The number of anilines is 1. The first-order chi connectivity index (χ1) is 12.1. The Morgan fingerprint density at radius 2 is 2.00 bits per heavy atom. The molecular weight excluding hydrogens is 381 g/mol. The summed E-state index contributed by atoms with van der Waals surface area (Å²) in [6.07, 6.45) is 1.58. The van der Waals surface area contributed by atoms with Gasteiger partial charge in [-0.25, -0.2) is 4.79 Å². The molecule has 0 spiro atoms. The lowest BCUT2D eigenvalue weighted by Crippen LogP contribution is -2.20. The van der Waals surface area contributed by atoms with E-state index in [4.69, 9.17) is 32.7 Å². The largest absolute Gasteiger partial charge is 0.494 e. The van der Waals surface area contributed by atoms with E-state index >= 15 is 0 Å². The summed E-state index contributed by atoms with van der Waals surface area (Å²) in [6.45, 7) is 0.923. The molecule has 1 aliphatic heterocycles. The van der Waals surface area contributed by atoms with Gasteiger partial charge in [0.1, 0.15) is 12.4 Å². The molecule has 0 saturated heterocycles. The third-order valence-electron chi connectivity index (χ3n) is 3.64. The molecule has 132 valence electrons. The molecule has 0 radical (unpaired) electrons. The van der Waals surface area contributed by atoms with Gasteiger partial charge in [0, 0.05) is 10.5 Å². The van der Waals surface area contributed by atoms with Crippen LogP contribution in [0.25, 0.3) is 0 Å². The van der Waals surface area contributed by atoms with Gasteiger partial charge in [-0.3, -0.25) is 5.32 Å². The van der Waals surface area contributed by atoms with Crippen molar-refractivity contribution in [2.45, 2.75) is 24.3 Å². The van der Waals surface area contributed by atoms with E-state index in [2.05, 4.69) is 5.32 Å². The summed E-state index contributed by atoms with van der Waals surface area (Å²) in [5, 5.41) is 3.82. The van der Waals surface area contributed by atoms with E-state index < -0.39 is 6.09 Å². The van der Waals surface area contributed by atoms with Crippen LogP contribution in [0.4, 0.5) is 10.5 Å². The second kappa shape index (κ2) is 8.70. The second-order valence-corrected chi connectivity index (χ2v) is 7.48. The smallest absolute Gasteiger partial charge is 0.411 e. The predicted molar refractivity (Wildman–Crippen MR) is 102 cm³/mol. The normalized spacial score (nSPS) is 13.0. The van der Waals surface area contributed by atoms with Crippen LogP contribution in [0.2, 0.25) is 10.0 Å². The van der Waals surface area contributed by atoms with E-state index in [0.717, 1.165) is 40.5 Å². The van der Waals surface area contributed by atoms with Gasteiger partial charge >= 0.3 is 6.09 Å². The third kappa shape index (κ3) is 5.21. The Balaban J connectivity index is 1.37. The highest BCUT2D eigenvalue weighted by atomic mass is 35.5. The zero-order valence-electron chi connectivity index (χ0n) is 13.4. The molecule has 0 unspecified atom stereocenters. The maximum absolute atomic E-state index is 11.1. The second-order valence-electron chi connectivity index (χ2n) is 5.50. The molecule has 0 saturated carbocycles. The predicted octanol–water partition coefficient (Wildman–Crippen LogP) is 6.01. The lowest BCUT2D eigenvalue weighted by molar-refractivity contribution is 0.151. The molecule has 1 aliphatic rings. The molecule has 0 aromatic heterocycles. The Bertz CT molecular complexity index is 770. The number of ether oxygens (including phenoxy) is 2. The molecular formula is C18H17Cl2NO3S. The van der Waals surface area contributed by atoms with Gasteiger partial charge in [0.15, 0.2) is 0 Å². The monoisotopic (exact) mass is 397 g/mol. The highest BCUT2D eigenvalue weighted by Gasteiger charge is 2.15. The summed E-state index contributed by atoms with van der Waals surface area (Å²) in [6, 6.07) is 11.3. The molecule has 1 amide bonds. The molecule has 2 aromatic carbocycles. The Labute approximate surface area is 160 Å². The van der Waals surface area contributed by atoms with E-state index in [1.165, 1.54) is 0 Å². The minimum absolute atomic E-state index is 0.276. The van der Waals surface area contributed by atoms with Crippen molar-refractivity contribution in [1.82, 2.24) is 0 Å². The van der Waals surface area contributed by atoms with Gasteiger partial charge in [-0.2, -0.15) is 0 Å². The fourth-order valence-electron chi connectivity index (χ4n) is 2.34. The van der Waals surface area contributed by atoms with Crippen molar-refractivity contribution in [2.24, 2.45) is 0 Å². The number of cyclic esters (lactones) is 1. The number of thioether (sulfide) groups is 1. The SMILES string of the molecule is O=C1Nc2ccc(OCCCCSc3ccc(Cl)c(Cl)c3)cc2CO1. The van der Waals surface area contributed by atoms with Crippen molar-refractivity contribution in [3.63, 3.8) is 0 Å². The summed E-state index contributed by atoms with van der Waals surface area (Å²) in [5.41, 5.74) is 1.70. The van der Waals surface area contributed by atoms with Gasteiger partial charge in [-0.05, 0) is 55.0 Å². The van der Waals surface area contributed by atoms with Crippen LogP contribution in [0.1, 0.15) is 18.4 Å². The maximum atomic E-state index is 11.1. The number of rotatable bonds is 7. The molecule has 0 atom stereocenters. The fourth-order valence-corrected chi connectivity index (χ4v) is 3.65. The average molecular weight is 398 g/mol. The van der Waals surface area contributed by atoms with Crippen LogP contribution < -0.4 is 10.1 Å². The molecule has 4 nitrogen and oxygen atoms in total. The van der Waals surface area contributed by atoms with E-state index in [0.29, 0.717) is 16.7 Å². The number of benzene rings is 2. The average Bonchev–Trinajstić information content (AvgIpc) is 2.61. The minimum Gasteiger partial charge on any atom is -0.494 e. The third-order valence-corrected chi connectivity index (χ3v) is 5.46. The molecule has 25 heavy (non-hydrogen) atoms. The summed E-state index contributed by atoms with van der Waals surface area (Å²) < 4.78 is 10.7. The molecule has 3 rings (SSSR count). The molecule has 1 N–H and O–H groups in total. The van der Waals surface area contributed by atoms with E-state index in [1.54, 1.807) is 11.8 Å². The van der Waals surface area contributed by atoms with Gasteiger partial charge in [0.25, 0.3) is 0 Å². The lowest BCUT2D eigenvalue weighted by atomic mass is 10.1. The van der Waals surface area contributed by atoms with Crippen molar-refractivity contribution < 1.29 is 14.3 Å². The Morgan fingerprint density at radius 3 is 2.84 bits per heavy atom. The quantitative estimate of drug-likeness (QED) is 0.459. The number of unbranched alkanes of at least 4 members (excludes halogenated alkanes) is 1. The highest BCUT2D eigenvalue weighted by Crippen LogP contribution is 2.29. The zero-order valence-corrected chi connectivity index (χ0v) is 15.7. The highest BCUT2D eigenvalue weighted by molar-refractivity contribution is 7.99. The van der Waals surface area contributed by atoms with Crippen LogP contribution in [0.15, 0.2) is 41.3 Å². The topological polar surface area (TPSA) is 47.6 Å². The Hall–Kier alpha value is -1.56. The number of nitrogens with one attached hydrogen (secondary N) is 1. The van der Waals surface area contributed by atoms with Crippen LogP contribution in [-0.4, -0.2) is 18.5 Å². The molecule has 1 heterocycles. The van der Waals surface area contributed by atoms with Gasteiger partial charge in [-0.15, -0.1) is 11.8 Å². The molecule has 0 aliphatic carbocycles. The lowest BCUT2D eigenvalue weighted by Gasteiger charge is -2.18. The number of halogens is 2. The summed E-state index contributed by atoms with van der Waals surface area (Å²) in [7, 11) is 0. The molecule has 0 fully saturated rings. The van der Waals surface area contributed by atoms with Crippen molar-refractivity contribution in [1.29, 1.82) is 0 Å². The summed E-state index contributed by atoms with van der Waals surface area (Å²) >= 11 is 13.7. The first-order valence-electron chi connectivity index (χ1n) is 7.89. The summed E-state index contributed by atoms with van der Waals surface area (Å²) in [5.74, 6) is 1.78. The van der Waals surface area contributed by atoms with Crippen molar-refractivity contribution in [3.8, 4) is 5.75 Å². The molecule has 0 bridgehead atoms. The van der Waals surface area contributed by atoms with E-state index in [9.17, 15) is 4.79 Å². The van der Waals surface area contributed by atoms with Gasteiger partial charge in [-0.1, -0.05) is 23.2 Å². The number of carbonyl (C=O) groups excluding carboxylic acids is 1. The Kier molecular flexibility index (Phi) is 6.34. The van der Waals surface area contributed by atoms with Crippen molar-refractivity contribution >= 4 is 46.7 Å². The first kappa shape index (κ1) is 18.2. The van der Waals surface area contributed by atoms with Gasteiger partial charge in [0.2, 0.25) is 0 Å². The van der Waals surface area contributed by atoms with E-state index in [-0.39, 0.29) is 6.61 Å². The van der Waals surface area contributed by atoms with Crippen LogP contribution in [0.3, 0.4) is 0 Å². The van der Waals surface area contributed by atoms with Gasteiger partial charge in [0.05, 0.1) is 22.3 Å². The fraction of sp³-hybridized carbons (Fsp3) is 0.278. The number of hydrogen-bond acceptors (Lipinski definition) is 4.